The Bertz CT molecular complexity index is 363. The van der Waals surface area contributed by atoms with Gasteiger partial charge in [-0.3, -0.25) is 4.79 Å². The first-order chi connectivity index (χ1) is 8.13. The van der Waals surface area contributed by atoms with Crippen molar-refractivity contribution in [2.75, 3.05) is 33.9 Å². The zero-order valence-corrected chi connectivity index (χ0v) is 13.7. The highest BCUT2D eigenvalue weighted by Crippen LogP contribution is 2.22. The molecule has 0 saturated heterocycles. The van der Waals surface area contributed by atoms with Gasteiger partial charge in [-0.2, -0.15) is 0 Å². The standard InChI is InChI=1S/C11H17BrN2O2S.ClH/c1-14(8-9-3-4-10(12)17-9)11(15)7-13-5-6-16-2;/h3-4,13H,5-8H2,1-2H3;1H. The molecule has 0 aliphatic carbocycles. The van der Waals surface area contributed by atoms with Gasteiger partial charge in [0.05, 0.1) is 23.5 Å². The van der Waals surface area contributed by atoms with Crippen LogP contribution < -0.4 is 5.32 Å². The van der Waals surface area contributed by atoms with Crippen LogP contribution >= 0.6 is 39.7 Å². The molecule has 1 rings (SSSR count). The largest absolute Gasteiger partial charge is 0.383 e. The number of likely N-dealkylation sites (N-methyl/N-ethyl adjacent to an activating group) is 1. The summed E-state index contributed by atoms with van der Waals surface area (Å²) < 4.78 is 5.98. The first-order valence-electron chi connectivity index (χ1n) is 5.31. The van der Waals surface area contributed by atoms with Crippen molar-refractivity contribution in [3.63, 3.8) is 0 Å². The lowest BCUT2D eigenvalue weighted by Crippen LogP contribution is -2.36. The van der Waals surface area contributed by atoms with E-state index >= 15 is 0 Å². The van der Waals surface area contributed by atoms with E-state index < -0.39 is 0 Å². The molecule has 104 valence electrons. The molecule has 0 atom stereocenters. The first-order valence-corrected chi connectivity index (χ1v) is 6.92. The van der Waals surface area contributed by atoms with Crippen LogP contribution in [-0.2, 0) is 16.1 Å². The number of amides is 1. The highest BCUT2D eigenvalue weighted by Gasteiger charge is 2.09. The molecular formula is C11H18BrClN2O2S. The van der Waals surface area contributed by atoms with Gasteiger partial charge in [-0.1, -0.05) is 0 Å². The van der Waals surface area contributed by atoms with Gasteiger partial charge in [-0.25, -0.2) is 0 Å². The number of rotatable bonds is 7. The van der Waals surface area contributed by atoms with Gasteiger partial charge in [0.15, 0.2) is 0 Å². The van der Waals surface area contributed by atoms with Crippen LogP contribution in [0.4, 0.5) is 0 Å². The quantitative estimate of drug-likeness (QED) is 0.760. The fourth-order valence-electron chi connectivity index (χ4n) is 1.26. The monoisotopic (exact) mass is 356 g/mol. The van der Waals surface area contributed by atoms with Gasteiger partial charge in [0, 0.05) is 25.6 Å². The van der Waals surface area contributed by atoms with Gasteiger partial charge in [-0.15, -0.1) is 23.7 Å². The Morgan fingerprint density at radius 3 is 2.83 bits per heavy atom. The highest BCUT2D eigenvalue weighted by atomic mass is 79.9. The summed E-state index contributed by atoms with van der Waals surface area (Å²) >= 11 is 5.05. The van der Waals surface area contributed by atoms with Gasteiger partial charge in [0.2, 0.25) is 5.91 Å². The molecule has 1 aromatic rings. The van der Waals surface area contributed by atoms with Crippen molar-refractivity contribution in [2.45, 2.75) is 6.54 Å². The molecule has 18 heavy (non-hydrogen) atoms. The third kappa shape index (κ3) is 6.70. The molecule has 4 nitrogen and oxygen atoms in total. The summed E-state index contributed by atoms with van der Waals surface area (Å²) in [5.74, 6) is 0.0885. The number of carbonyl (C=O) groups is 1. The molecule has 0 spiro atoms. The SMILES string of the molecule is COCCNCC(=O)N(C)Cc1ccc(Br)s1.Cl. The van der Waals surface area contributed by atoms with E-state index in [1.54, 1.807) is 23.3 Å². The lowest BCUT2D eigenvalue weighted by atomic mass is 10.4. The molecule has 0 bridgehead atoms. The Morgan fingerprint density at radius 2 is 2.28 bits per heavy atom. The summed E-state index contributed by atoms with van der Waals surface area (Å²) in [6.07, 6.45) is 0. The zero-order chi connectivity index (χ0) is 12.7. The molecule has 0 fully saturated rings. The smallest absolute Gasteiger partial charge is 0.236 e. The molecule has 0 radical (unpaired) electrons. The van der Waals surface area contributed by atoms with Crippen molar-refractivity contribution in [1.29, 1.82) is 0 Å². The zero-order valence-electron chi connectivity index (χ0n) is 10.4. The highest BCUT2D eigenvalue weighted by molar-refractivity contribution is 9.11. The third-order valence-electron chi connectivity index (χ3n) is 2.21. The Morgan fingerprint density at radius 1 is 1.56 bits per heavy atom. The predicted molar refractivity (Wildman–Crippen MR) is 80.5 cm³/mol. The van der Waals surface area contributed by atoms with Crippen molar-refractivity contribution < 1.29 is 9.53 Å². The molecule has 1 amide bonds. The van der Waals surface area contributed by atoms with Crippen molar-refractivity contribution in [1.82, 2.24) is 10.2 Å². The fraction of sp³-hybridized carbons (Fsp3) is 0.545. The number of hydrogen-bond acceptors (Lipinski definition) is 4. The fourth-order valence-corrected chi connectivity index (χ4v) is 2.80. The maximum absolute atomic E-state index is 11.7. The number of ether oxygens (including phenoxy) is 1. The number of nitrogens with zero attached hydrogens (tertiary/aromatic N) is 1. The van der Waals surface area contributed by atoms with Gasteiger partial charge in [-0.05, 0) is 28.1 Å². The molecule has 0 aromatic carbocycles. The Labute approximate surface area is 126 Å². The lowest BCUT2D eigenvalue weighted by molar-refractivity contribution is -0.129. The maximum Gasteiger partial charge on any atom is 0.236 e. The number of methoxy groups -OCH3 is 1. The van der Waals surface area contributed by atoms with Crippen LogP contribution in [0.25, 0.3) is 0 Å². The second-order valence-electron chi connectivity index (χ2n) is 3.63. The Balaban J connectivity index is 0.00000289. The lowest BCUT2D eigenvalue weighted by Gasteiger charge is -2.16. The molecule has 1 N–H and O–H groups in total. The average Bonchev–Trinajstić information content (AvgIpc) is 2.70. The van der Waals surface area contributed by atoms with Crippen LogP contribution in [0.1, 0.15) is 4.88 Å². The van der Waals surface area contributed by atoms with Gasteiger partial charge >= 0.3 is 0 Å². The minimum atomic E-state index is 0. The van der Waals surface area contributed by atoms with E-state index in [1.165, 1.54) is 4.88 Å². The van der Waals surface area contributed by atoms with Gasteiger partial charge in [0.1, 0.15) is 0 Å². The van der Waals surface area contributed by atoms with Crippen molar-refractivity contribution in [2.24, 2.45) is 0 Å². The molecule has 1 heterocycles. The summed E-state index contributed by atoms with van der Waals surface area (Å²) in [5, 5.41) is 3.04. The summed E-state index contributed by atoms with van der Waals surface area (Å²) in [4.78, 5) is 14.6. The molecule has 1 aromatic heterocycles. The molecule has 7 heteroatoms. The van der Waals surface area contributed by atoms with Crippen LogP contribution in [0, 0.1) is 0 Å². The van der Waals surface area contributed by atoms with Crippen LogP contribution in [0.2, 0.25) is 0 Å². The molecule has 0 saturated carbocycles. The Kier molecular flexibility index (Phi) is 9.67. The second-order valence-corrected chi connectivity index (χ2v) is 6.17. The first kappa shape index (κ1) is 17.9. The summed E-state index contributed by atoms with van der Waals surface area (Å²) in [7, 11) is 3.46. The normalized spacial score (nSPS) is 9.94. The topological polar surface area (TPSA) is 41.6 Å². The molecular weight excluding hydrogens is 340 g/mol. The van der Waals surface area contributed by atoms with Crippen LogP contribution in [0.5, 0.6) is 0 Å². The van der Waals surface area contributed by atoms with E-state index in [1.807, 2.05) is 19.2 Å². The van der Waals surface area contributed by atoms with Gasteiger partial charge in [0.25, 0.3) is 0 Å². The maximum atomic E-state index is 11.7. The van der Waals surface area contributed by atoms with Crippen LogP contribution in [0.3, 0.4) is 0 Å². The third-order valence-corrected chi connectivity index (χ3v) is 3.82. The number of carbonyl (C=O) groups excluding carboxylic acids is 1. The average molecular weight is 358 g/mol. The van der Waals surface area contributed by atoms with Crippen LogP contribution in [-0.4, -0.2) is 44.7 Å². The predicted octanol–water partition coefficient (Wildman–Crippen LogP) is 2.13. The van der Waals surface area contributed by atoms with E-state index in [4.69, 9.17) is 4.74 Å². The van der Waals surface area contributed by atoms with E-state index in [0.29, 0.717) is 26.2 Å². The summed E-state index contributed by atoms with van der Waals surface area (Å²) in [6.45, 7) is 2.32. The van der Waals surface area contributed by atoms with Crippen molar-refractivity contribution in [3.8, 4) is 0 Å². The van der Waals surface area contributed by atoms with E-state index in [9.17, 15) is 4.79 Å². The molecule has 0 unspecified atom stereocenters. The van der Waals surface area contributed by atoms with Crippen molar-refractivity contribution in [3.05, 3.63) is 20.8 Å². The Hall–Kier alpha value is -0.140. The van der Waals surface area contributed by atoms with E-state index in [0.717, 1.165) is 3.79 Å². The van der Waals surface area contributed by atoms with Crippen molar-refractivity contribution >= 4 is 45.6 Å². The van der Waals surface area contributed by atoms with Gasteiger partial charge < -0.3 is 15.0 Å². The van der Waals surface area contributed by atoms with E-state index in [2.05, 4.69) is 21.2 Å². The molecule has 0 aliphatic heterocycles. The summed E-state index contributed by atoms with van der Waals surface area (Å²) in [5.41, 5.74) is 0. The number of thiophene rings is 1. The van der Waals surface area contributed by atoms with E-state index in [-0.39, 0.29) is 18.3 Å². The second kappa shape index (κ2) is 9.75. The molecule has 0 aliphatic rings. The number of halogens is 2. The summed E-state index contributed by atoms with van der Waals surface area (Å²) in [6, 6.07) is 4.02. The van der Waals surface area contributed by atoms with Crippen LogP contribution in [0.15, 0.2) is 15.9 Å². The minimum absolute atomic E-state index is 0. The minimum Gasteiger partial charge on any atom is -0.383 e. The number of hydrogen-bond donors (Lipinski definition) is 1. The number of nitrogens with one attached hydrogen (secondary N) is 1.